The molecule has 0 aromatic heterocycles. The van der Waals surface area contributed by atoms with E-state index in [9.17, 15) is 14.4 Å². The molecule has 1 saturated heterocycles. The maximum atomic E-state index is 12.3. The Morgan fingerprint density at radius 1 is 1.07 bits per heavy atom. The SMILES string of the molecule is COc1ccc(NC(C)=O)cc1NCC(=O)Nc1ccc(N2CCCC2=O)cc1. The molecule has 2 aromatic carbocycles. The third-order valence-corrected chi connectivity index (χ3v) is 4.50. The number of ether oxygens (including phenoxy) is 1. The molecule has 0 atom stereocenters. The molecular weight excluding hydrogens is 372 g/mol. The molecule has 1 heterocycles. The van der Waals surface area contributed by atoms with Crippen LogP contribution in [0.5, 0.6) is 5.75 Å². The number of nitrogens with one attached hydrogen (secondary N) is 3. The van der Waals surface area contributed by atoms with Gasteiger partial charge in [-0.2, -0.15) is 0 Å². The van der Waals surface area contributed by atoms with Crippen molar-refractivity contribution in [3.8, 4) is 5.75 Å². The summed E-state index contributed by atoms with van der Waals surface area (Å²) in [4.78, 5) is 37.1. The number of carbonyl (C=O) groups is 3. The minimum absolute atomic E-state index is 0.0201. The molecule has 29 heavy (non-hydrogen) atoms. The van der Waals surface area contributed by atoms with Gasteiger partial charge in [0.1, 0.15) is 5.75 Å². The van der Waals surface area contributed by atoms with Gasteiger partial charge in [0.25, 0.3) is 0 Å². The summed E-state index contributed by atoms with van der Waals surface area (Å²) in [5, 5.41) is 8.52. The zero-order valence-corrected chi connectivity index (χ0v) is 16.5. The summed E-state index contributed by atoms with van der Waals surface area (Å²) in [7, 11) is 1.53. The number of methoxy groups -OCH3 is 1. The average molecular weight is 396 g/mol. The lowest BCUT2D eigenvalue weighted by molar-refractivity contribution is -0.117. The highest BCUT2D eigenvalue weighted by atomic mass is 16.5. The van der Waals surface area contributed by atoms with Crippen LogP contribution >= 0.6 is 0 Å². The van der Waals surface area contributed by atoms with Crippen molar-refractivity contribution in [2.45, 2.75) is 19.8 Å². The highest BCUT2D eigenvalue weighted by molar-refractivity contribution is 5.97. The molecule has 3 rings (SSSR count). The largest absolute Gasteiger partial charge is 0.495 e. The van der Waals surface area contributed by atoms with E-state index in [1.807, 2.05) is 12.1 Å². The van der Waals surface area contributed by atoms with Crippen molar-refractivity contribution in [3.63, 3.8) is 0 Å². The molecule has 8 heteroatoms. The molecule has 0 spiro atoms. The second kappa shape index (κ2) is 9.09. The summed E-state index contributed by atoms with van der Waals surface area (Å²) in [6.07, 6.45) is 1.45. The number of nitrogens with zero attached hydrogens (tertiary/aromatic N) is 1. The lowest BCUT2D eigenvalue weighted by Crippen LogP contribution is -2.24. The fraction of sp³-hybridized carbons (Fsp3) is 0.286. The van der Waals surface area contributed by atoms with Crippen LogP contribution in [0.25, 0.3) is 0 Å². The number of rotatable bonds is 7. The fourth-order valence-corrected chi connectivity index (χ4v) is 3.15. The van der Waals surface area contributed by atoms with Crippen LogP contribution in [0.1, 0.15) is 19.8 Å². The van der Waals surface area contributed by atoms with Gasteiger partial charge in [-0.3, -0.25) is 14.4 Å². The molecule has 0 bridgehead atoms. The Balaban J connectivity index is 1.58. The van der Waals surface area contributed by atoms with Crippen LogP contribution in [-0.2, 0) is 14.4 Å². The van der Waals surface area contributed by atoms with Gasteiger partial charge >= 0.3 is 0 Å². The van der Waals surface area contributed by atoms with Crippen LogP contribution in [0.2, 0.25) is 0 Å². The van der Waals surface area contributed by atoms with Gasteiger partial charge in [-0.05, 0) is 48.9 Å². The summed E-state index contributed by atoms with van der Waals surface area (Å²) in [5.74, 6) is 0.271. The zero-order valence-electron chi connectivity index (χ0n) is 16.5. The standard InChI is InChI=1S/C21H24N4O4/c1-14(26)23-16-7-10-19(29-2)18(12-16)22-13-20(27)24-15-5-8-17(9-6-15)25-11-3-4-21(25)28/h5-10,12,22H,3-4,11,13H2,1-2H3,(H,23,26)(H,24,27). The highest BCUT2D eigenvalue weighted by Gasteiger charge is 2.21. The third kappa shape index (κ3) is 5.25. The first-order valence-corrected chi connectivity index (χ1v) is 9.36. The molecule has 3 amide bonds. The second-order valence-electron chi connectivity index (χ2n) is 6.69. The van der Waals surface area contributed by atoms with Gasteiger partial charge < -0.3 is 25.6 Å². The first-order chi connectivity index (χ1) is 14.0. The Labute approximate surface area is 169 Å². The minimum atomic E-state index is -0.234. The molecule has 1 fully saturated rings. The van der Waals surface area contributed by atoms with E-state index >= 15 is 0 Å². The normalized spacial score (nSPS) is 13.2. The molecule has 2 aromatic rings. The summed E-state index contributed by atoms with van der Waals surface area (Å²) in [6.45, 7) is 2.18. The van der Waals surface area contributed by atoms with Crippen molar-refractivity contribution >= 4 is 40.5 Å². The molecule has 0 saturated carbocycles. The maximum Gasteiger partial charge on any atom is 0.243 e. The van der Waals surface area contributed by atoms with Crippen molar-refractivity contribution in [1.82, 2.24) is 0 Å². The minimum Gasteiger partial charge on any atom is -0.495 e. The monoisotopic (exact) mass is 396 g/mol. The topological polar surface area (TPSA) is 99.8 Å². The Hall–Kier alpha value is -3.55. The van der Waals surface area contributed by atoms with Gasteiger partial charge in [0.2, 0.25) is 17.7 Å². The Bertz CT molecular complexity index is 911. The fourth-order valence-electron chi connectivity index (χ4n) is 3.15. The van der Waals surface area contributed by atoms with Crippen molar-refractivity contribution in [1.29, 1.82) is 0 Å². The predicted octanol–water partition coefficient (Wildman–Crippen LogP) is 2.83. The number of hydrogen-bond acceptors (Lipinski definition) is 5. The van der Waals surface area contributed by atoms with Crippen LogP contribution < -0.4 is 25.6 Å². The van der Waals surface area contributed by atoms with Gasteiger partial charge in [0.15, 0.2) is 0 Å². The Morgan fingerprint density at radius 2 is 1.79 bits per heavy atom. The van der Waals surface area contributed by atoms with E-state index in [2.05, 4.69) is 16.0 Å². The van der Waals surface area contributed by atoms with Gasteiger partial charge in [-0.15, -0.1) is 0 Å². The molecule has 152 valence electrons. The Morgan fingerprint density at radius 3 is 2.41 bits per heavy atom. The van der Waals surface area contributed by atoms with Gasteiger partial charge in [0, 0.05) is 37.0 Å². The Kier molecular flexibility index (Phi) is 6.33. The highest BCUT2D eigenvalue weighted by Crippen LogP contribution is 2.28. The maximum absolute atomic E-state index is 12.3. The number of benzene rings is 2. The van der Waals surface area contributed by atoms with E-state index in [0.29, 0.717) is 29.2 Å². The number of anilines is 4. The van der Waals surface area contributed by atoms with Gasteiger partial charge in [-0.1, -0.05) is 0 Å². The van der Waals surface area contributed by atoms with E-state index in [1.165, 1.54) is 14.0 Å². The third-order valence-electron chi connectivity index (χ3n) is 4.50. The molecule has 0 unspecified atom stereocenters. The van der Waals surface area contributed by atoms with Gasteiger partial charge in [0.05, 0.1) is 19.3 Å². The van der Waals surface area contributed by atoms with Crippen LogP contribution in [0.3, 0.4) is 0 Å². The summed E-state index contributed by atoms with van der Waals surface area (Å²) in [6, 6.07) is 12.3. The molecule has 8 nitrogen and oxygen atoms in total. The lowest BCUT2D eigenvalue weighted by Gasteiger charge is -2.16. The van der Waals surface area contributed by atoms with Gasteiger partial charge in [-0.25, -0.2) is 0 Å². The zero-order chi connectivity index (χ0) is 20.8. The van der Waals surface area contributed by atoms with E-state index in [0.717, 1.165) is 18.7 Å². The first kappa shape index (κ1) is 20.2. The predicted molar refractivity (Wildman–Crippen MR) is 112 cm³/mol. The number of amides is 3. The molecule has 0 aliphatic carbocycles. The number of carbonyl (C=O) groups excluding carboxylic acids is 3. The lowest BCUT2D eigenvalue weighted by atomic mass is 10.2. The van der Waals surface area contributed by atoms with Crippen molar-refractivity contribution in [3.05, 3.63) is 42.5 Å². The summed E-state index contributed by atoms with van der Waals surface area (Å²) < 4.78 is 5.29. The molecular formula is C21H24N4O4. The first-order valence-electron chi connectivity index (χ1n) is 9.36. The average Bonchev–Trinajstić information content (AvgIpc) is 3.12. The van der Waals surface area contributed by atoms with E-state index < -0.39 is 0 Å². The summed E-state index contributed by atoms with van der Waals surface area (Å²) >= 11 is 0. The molecule has 3 N–H and O–H groups in total. The van der Waals surface area contributed by atoms with E-state index in [1.54, 1.807) is 35.2 Å². The summed E-state index contributed by atoms with van der Waals surface area (Å²) in [5.41, 5.74) is 2.68. The van der Waals surface area contributed by atoms with E-state index in [4.69, 9.17) is 4.74 Å². The molecule has 0 radical (unpaired) electrons. The van der Waals surface area contributed by atoms with Crippen LogP contribution in [0.15, 0.2) is 42.5 Å². The number of hydrogen-bond donors (Lipinski definition) is 3. The smallest absolute Gasteiger partial charge is 0.243 e. The molecule has 1 aliphatic rings. The van der Waals surface area contributed by atoms with Crippen LogP contribution in [0, 0.1) is 0 Å². The second-order valence-corrected chi connectivity index (χ2v) is 6.69. The quantitative estimate of drug-likeness (QED) is 0.668. The van der Waals surface area contributed by atoms with E-state index in [-0.39, 0.29) is 24.3 Å². The van der Waals surface area contributed by atoms with Crippen LogP contribution in [0.4, 0.5) is 22.7 Å². The van der Waals surface area contributed by atoms with Crippen molar-refractivity contribution in [2.75, 3.05) is 41.0 Å². The molecule has 1 aliphatic heterocycles. The van der Waals surface area contributed by atoms with Crippen LogP contribution in [-0.4, -0.2) is 37.9 Å². The van der Waals surface area contributed by atoms with Crippen molar-refractivity contribution < 1.29 is 19.1 Å². The van der Waals surface area contributed by atoms with Crippen molar-refractivity contribution in [2.24, 2.45) is 0 Å².